The van der Waals surface area contributed by atoms with Gasteiger partial charge in [-0.05, 0) is 23.1 Å². The molecule has 86 valence electrons. The van der Waals surface area contributed by atoms with E-state index in [1.54, 1.807) is 6.07 Å². The van der Waals surface area contributed by atoms with Gasteiger partial charge in [0.25, 0.3) is 0 Å². The van der Waals surface area contributed by atoms with Gasteiger partial charge in [0.15, 0.2) is 0 Å². The van der Waals surface area contributed by atoms with Crippen LogP contribution in [0, 0.1) is 11.8 Å². The molecule has 0 radical (unpaired) electrons. The van der Waals surface area contributed by atoms with Gasteiger partial charge in [-0.1, -0.05) is 38.7 Å². The van der Waals surface area contributed by atoms with E-state index >= 15 is 0 Å². The smallest absolute Gasteiger partial charge is 0.131 e. The first-order valence-corrected chi connectivity index (χ1v) is 5.87. The van der Waals surface area contributed by atoms with Gasteiger partial charge in [-0.2, -0.15) is 0 Å². The average Bonchev–Trinajstić information content (AvgIpc) is 2.19. The molecule has 16 heavy (non-hydrogen) atoms. The maximum Gasteiger partial charge on any atom is 0.131 e. The Morgan fingerprint density at radius 1 is 1.31 bits per heavy atom. The van der Waals surface area contributed by atoms with Crippen LogP contribution in [-0.4, -0.2) is 11.0 Å². The summed E-state index contributed by atoms with van der Waals surface area (Å²) < 4.78 is 0. The summed E-state index contributed by atoms with van der Waals surface area (Å²) in [6.07, 6.45) is 0.640. The summed E-state index contributed by atoms with van der Waals surface area (Å²) in [4.78, 5) is 0. The van der Waals surface area contributed by atoms with Gasteiger partial charge in [0.05, 0.1) is 5.56 Å². The van der Waals surface area contributed by atoms with Gasteiger partial charge in [0, 0.05) is 12.3 Å². The van der Waals surface area contributed by atoms with Crippen LogP contribution in [0.25, 0.3) is 0 Å². The summed E-state index contributed by atoms with van der Waals surface area (Å²) in [6, 6.07) is 5.57. The minimum Gasteiger partial charge on any atom is -0.507 e. The predicted molar refractivity (Wildman–Crippen MR) is 69.0 cm³/mol. The minimum atomic E-state index is 0.0661. The van der Waals surface area contributed by atoms with Crippen LogP contribution in [0.4, 0.5) is 0 Å². The lowest BCUT2D eigenvalue weighted by atomic mass is 9.86. The summed E-state index contributed by atoms with van der Waals surface area (Å²) in [7, 11) is 0. The molecule has 0 saturated carbocycles. The number of alkyl halides is 1. The molecular weight excluding hydrogens is 220 g/mol. The minimum absolute atomic E-state index is 0.0661. The molecule has 0 aliphatic rings. The molecule has 2 heteroatoms. The second-order valence-corrected chi connectivity index (χ2v) is 5.10. The summed E-state index contributed by atoms with van der Waals surface area (Å²) in [5, 5.41) is 9.66. The molecule has 0 aliphatic heterocycles. The number of hydrogen-bond donors (Lipinski definition) is 1. The lowest BCUT2D eigenvalue weighted by molar-refractivity contribution is 0.472. The molecule has 0 spiro atoms. The van der Waals surface area contributed by atoms with Crippen molar-refractivity contribution in [3.05, 3.63) is 29.3 Å². The Hall–Kier alpha value is -1.13. The number of hydrogen-bond acceptors (Lipinski definition) is 1. The number of benzene rings is 1. The van der Waals surface area contributed by atoms with Crippen molar-refractivity contribution in [3.8, 4) is 17.6 Å². The van der Waals surface area contributed by atoms with Crippen molar-refractivity contribution in [3.63, 3.8) is 0 Å². The van der Waals surface area contributed by atoms with E-state index in [-0.39, 0.29) is 11.2 Å². The fraction of sp³-hybridized carbons (Fsp3) is 0.429. The molecule has 0 bridgehead atoms. The SMILES string of the molecule is CC(C)(C)c1ccc(O)c(C#CCCCl)c1. The quantitative estimate of drug-likeness (QED) is 0.583. The third kappa shape index (κ3) is 3.47. The van der Waals surface area contributed by atoms with E-state index in [1.165, 1.54) is 5.56 Å². The second kappa shape index (κ2) is 5.27. The first kappa shape index (κ1) is 12.9. The Labute approximate surface area is 102 Å². The molecule has 1 N–H and O–H groups in total. The highest BCUT2D eigenvalue weighted by molar-refractivity contribution is 6.18. The summed E-state index contributed by atoms with van der Waals surface area (Å²) in [6.45, 7) is 6.40. The molecule has 0 aliphatic carbocycles. The lowest BCUT2D eigenvalue weighted by Gasteiger charge is -2.19. The monoisotopic (exact) mass is 236 g/mol. The number of rotatable bonds is 1. The van der Waals surface area contributed by atoms with Crippen molar-refractivity contribution in [2.24, 2.45) is 0 Å². The van der Waals surface area contributed by atoms with E-state index < -0.39 is 0 Å². The van der Waals surface area contributed by atoms with Crippen molar-refractivity contribution in [2.45, 2.75) is 32.6 Å². The largest absolute Gasteiger partial charge is 0.507 e. The van der Waals surface area contributed by atoms with Crippen molar-refractivity contribution in [1.29, 1.82) is 0 Å². The number of aromatic hydroxyl groups is 1. The Kier molecular flexibility index (Phi) is 4.26. The summed E-state index contributed by atoms with van der Waals surface area (Å²) in [5.74, 6) is 6.62. The van der Waals surface area contributed by atoms with Gasteiger partial charge >= 0.3 is 0 Å². The zero-order valence-electron chi connectivity index (χ0n) is 9.97. The van der Waals surface area contributed by atoms with Crippen LogP contribution in [0.3, 0.4) is 0 Å². The van der Waals surface area contributed by atoms with Gasteiger partial charge in [0.1, 0.15) is 5.75 Å². The van der Waals surface area contributed by atoms with Crippen LogP contribution in [0.15, 0.2) is 18.2 Å². The molecular formula is C14H17ClO. The number of phenolic OH excluding ortho intramolecular Hbond substituents is 1. The number of halogens is 1. The van der Waals surface area contributed by atoms with Crippen molar-refractivity contribution in [1.82, 2.24) is 0 Å². The second-order valence-electron chi connectivity index (χ2n) is 4.72. The van der Waals surface area contributed by atoms with Crippen LogP contribution >= 0.6 is 11.6 Å². The molecule has 1 aromatic carbocycles. The van der Waals surface area contributed by atoms with Crippen LogP contribution in [-0.2, 0) is 5.41 Å². The third-order valence-electron chi connectivity index (χ3n) is 2.31. The number of phenols is 1. The van der Waals surface area contributed by atoms with Crippen LogP contribution in [0.2, 0.25) is 0 Å². The molecule has 0 amide bonds. The van der Waals surface area contributed by atoms with Gasteiger partial charge in [-0.3, -0.25) is 0 Å². The van der Waals surface area contributed by atoms with E-state index in [1.807, 2.05) is 12.1 Å². The topological polar surface area (TPSA) is 20.2 Å². The molecule has 1 aromatic rings. The molecule has 0 atom stereocenters. The van der Waals surface area contributed by atoms with Gasteiger partial charge in [-0.15, -0.1) is 11.6 Å². The molecule has 0 heterocycles. The molecule has 0 saturated heterocycles. The van der Waals surface area contributed by atoms with Crippen molar-refractivity contribution >= 4 is 11.6 Å². The Morgan fingerprint density at radius 2 is 2.00 bits per heavy atom. The average molecular weight is 237 g/mol. The van der Waals surface area contributed by atoms with Gasteiger partial charge in [0.2, 0.25) is 0 Å². The molecule has 0 aromatic heterocycles. The van der Waals surface area contributed by atoms with Crippen molar-refractivity contribution < 1.29 is 5.11 Å². The van der Waals surface area contributed by atoms with Crippen LogP contribution in [0.1, 0.15) is 38.3 Å². The Balaban J connectivity index is 3.06. The van der Waals surface area contributed by atoms with Crippen molar-refractivity contribution in [2.75, 3.05) is 5.88 Å². The predicted octanol–water partition coefficient (Wildman–Crippen LogP) is 3.67. The molecule has 0 fully saturated rings. The highest BCUT2D eigenvalue weighted by Crippen LogP contribution is 2.26. The first-order chi connectivity index (χ1) is 7.45. The van der Waals surface area contributed by atoms with Gasteiger partial charge < -0.3 is 5.11 Å². The highest BCUT2D eigenvalue weighted by Gasteiger charge is 2.14. The molecule has 0 unspecified atom stereocenters. The van der Waals surface area contributed by atoms with E-state index in [0.29, 0.717) is 17.9 Å². The maximum absolute atomic E-state index is 9.66. The standard InChI is InChI=1S/C14H17ClO/c1-14(2,3)12-7-8-13(16)11(10-12)6-4-5-9-15/h7-8,10,16H,5,9H2,1-3H3. The molecule has 1 rings (SSSR count). The van der Waals surface area contributed by atoms with E-state index in [0.717, 1.165) is 0 Å². The van der Waals surface area contributed by atoms with Gasteiger partial charge in [-0.25, -0.2) is 0 Å². The van der Waals surface area contributed by atoms with Crippen LogP contribution in [0.5, 0.6) is 5.75 Å². The summed E-state index contributed by atoms with van der Waals surface area (Å²) in [5.41, 5.74) is 1.91. The fourth-order valence-electron chi connectivity index (χ4n) is 1.31. The Morgan fingerprint density at radius 3 is 2.56 bits per heavy atom. The lowest BCUT2D eigenvalue weighted by Crippen LogP contribution is -2.10. The third-order valence-corrected chi connectivity index (χ3v) is 2.49. The maximum atomic E-state index is 9.66. The molecule has 1 nitrogen and oxygen atoms in total. The van der Waals surface area contributed by atoms with E-state index in [2.05, 4.69) is 32.6 Å². The summed E-state index contributed by atoms with van der Waals surface area (Å²) >= 11 is 5.55. The Bertz CT molecular complexity index is 419. The fourth-order valence-corrected chi connectivity index (χ4v) is 1.40. The zero-order valence-corrected chi connectivity index (χ0v) is 10.7. The van der Waals surface area contributed by atoms with E-state index in [9.17, 15) is 5.11 Å². The first-order valence-electron chi connectivity index (χ1n) is 5.33. The normalized spacial score (nSPS) is 10.8. The highest BCUT2D eigenvalue weighted by atomic mass is 35.5. The van der Waals surface area contributed by atoms with E-state index in [4.69, 9.17) is 11.6 Å². The van der Waals surface area contributed by atoms with Crippen LogP contribution < -0.4 is 0 Å². The zero-order chi connectivity index (χ0) is 12.2.